The standard InChI is InChI=1S/C26H38N2O5Si/c1-25(2,3)33-24(30)27-22(23(29)28(6)32-7)18-19-26(4,5)34(31,20-14-10-8-11-15-20)21-16-12-9-13-17-21/h8-17,22,31H,18-19H2,1-7H3,(H,27,30)/t22-/m1/s1. The average molecular weight is 487 g/mol. The minimum absolute atomic E-state index is 0.299. The molecule has 2 N–H and O–H groups in total. The average Bonchev–Trinajstić information content (AvgIpc) is 2.80. The quantitative estimate of drug-likeness (QED) is 0.420. The van der Waals surface area contributed by atoms with Gasteiger partial charge in [0.1, 0.15) is 11.6 Å². The summed E-state index contributed by atoms with van der Waals surface area (Å²) in [6.07, 6.45) is 0.101. The molecule has 1 atom stereocenters. The van der Waals surface area contributed by atoms with E-state index < -0.39 is 37.0 Å². The molecule has 0 aliphatic rings. The van der Waals surface area contributed by atoms with Crippen LogP contribution in [0.4, 0.5) is 4.79 Å². The molecule has 8 heteroatoms. The van der Waals surface area contributed by atoms with Crippen LogP contribution in [0.3, 0.4) is 0 Å². The molecular weight excluding hydrogens is 448 g/mol. The number of hydrogen-bond donors (Lipinski definition) is 2. The topological polar surface area (TPSA) is 88.1 Å². The Bertz CT molecular complexity index is 905. The van der Waals surface area contributed by atoms with Crippen molar-refractivity contribution in [3.63, 3.8) is 0 Å². The minimum atomic E-state index is -3.24. The molecule has 0 fully saturated rings. The summed E-state index contributed by atoms with van der Waals surface area (Å²) in [5, 5.41) is 4.99. The van der Waals surface area contributed by atoms with Crippen molar-refractivity contribution in [2.24, 2.45) is 0 Å². The lowest BCUT2D eigenvalue weighted by Gasteiger charge is -2.42. The molecule has 0 aliphatic heterocycles. The van der Waals surface area contributed by atoms with Gasteiger partial charge >= 0.3 is 6.09 Å². The van der Waals surface area contributed by atoms with Crippen molar-refractivity contribution in [2.75, 3.05) is 14.2 Å². The molecule has 0 radical (unpaired) electrons. The van der Waals surface area contributed by atoms with Crippen molar-refractivity contribution in [1.29, 1.82) is 0 Å². The summed E-state index contributed by atoms with van der Waals surface area (Å²) >= 11 is 0. The Hall–Kier alpha value is -2.68. The lowest BCUT2D eigenvalue weighted by Crippen LogP contribution is -2.65. The molecule has 2 aromatic carbocycles. The van der Waals surface area contributed by atoms with Gasteiger partial charge in [-0.15, -0.1) is 0 Å². The number of alkyl carbamates (subject to hydrolysis) is 1. The first-order valence-electron chi connectivity index (χ1n) is 11.5. The molecule has 0 saturated heterocycles. The maximum absolute atomic E-state index is 13.0. The normalized spacial score (nSPS) is 13.2. The van der Waals surface area contributed by atoms with E-state index in [0.29, 0.717) is 12.8 Å². The summed E-state index contributed by atoms with van der Waals surface area (Å²) in [5.41, 5.74) is -0.697. The summed E-state index contributed by atoms with van der Waals surface area (Å²) in [4.78, 5) is 42.8. The van der Waals surface area contributed by atoms with Gasteiger partial charge in [-0.2, -0.15) is 0 Å². The van der Waals surface area contributed by atoms with Gasteiger partial charge in [-0.05, 0) is 49.0 Å². The number of rotatable bonds is 9. The van der Waals surface area contributed by atoms with E-state index in [1.807, 2.05) is 74.5 Å². The monoisotopic (exact) mass is 486 g/mol. The number of carbonyl (C=O) groups excluding carboxylic acids is 2. The van der Waals surface area contributed by atoms with Gasteiger partial charge in [-0.3, -0.25) is 9.63 Å². The van der Waals surface area contributed by atoms with Crippen LogP contribution in [-0.4, -0.2) is 56.0 Å². The molecule has 0 bridgehead atoms. The van der Waals surface area contributed by atoms with Gasteiger partial charge in [-0.1, -0.05) is 74.5 Å². The predicted molar refractivity (Wildman–Crippen MR) is 136 cm³/mol. The molecule has 0 aliphatic carbocycles. The van der Waals surface area contributed by atoms with Crippen LogP contribution in [0, 0.1) is 0 Å². The van der Waals surface area contributed by atoms with Crippen LogP contribution in [0.1, 0.15) is 47.5 Å². The Morgan fingerprint density at radius 1 is 0.971 bits per heavy atom. The fourth-order valence-electron chi connectivity index (χ4n) is 4.01. The number of benzene rings is 2. The van der Waals surface area contributed by atoms with Gasteiger partial charge < -0.3 is 14.8 Å². The SMILES string of the molecule is CON(C)C(=O)[C@@H](CCC(C)(C)[Si](O)(c1ccccc1)c1ccccc1)NC(=O)OC(C)(C)C. The molecular formula is C26H38N2O5Si. The molecule has 2 aromatic rings. The highest BCUT2D eigenvalue weighted by Gasteiger charge is 2.50. The fourth-order valence-corrected chi connectivity index (χ4v) is 7.76. The Morgan fingerprint density at radius 2 is 1.44 bits per heavy atom. The van der Waals surface area contributed by atoms with E-state index in [0.717, 1.165) is 15.4 Å². The molecule has 0 saturated carbocycles. The zero-order chi connectivity index (χ0) is 25.6. The van der Waals surface area contributed by atoms with Gasteiger partial charge in [0.15, 0.2) is 0 Å². The van der Waals surface area contributed by atoms with E-state index in [1.54, 1.807) is 20.8 Å². The maximum Gasteiger partial charge on any atom is 0.408 e. The van der Waals surface area contributed by atoms with Crippen LogP contribution in [0.25, 0.3) is 0 Å². The highest BCUT2D eigenvalue weighted by molar-refractivity contribution is 6.98. The Kier molecular flexibility index (Phi) is 9.05. The molecule has 2 amide bonds. The van der Waals surface area contributed by atoms with Crippen molar-refractivity contribution in [2.45, 2.75) is 64.1 Å². The van der Waals surface area contributed by atoms with Crippen LogP contribution in [0.15, 0.2) is 60.7 Å². The van der Waals surface area contributed by atoms with Crippen molar-refractivity contribution < 1.29 is 24.0 Å². The predicted octanol–water partition coefficient (Wildman–Crippen LogP) is 3.21. The summed E-state index contributed by atoms with van der Waals surface area (Å²) < 4.78 is 5.37. The zero-order valence-corrected chi connectivity index (χ0v) is 22.3. The third-order valence-electron chi connectivity index (χ3n) is 5.99. The highest BCUT2D eigenvalue weighted by Crippen LogP contribution is 2.40. The van der Waals surface area contributed by atoms with E-state index in [-0.39, 0.29) is 0 Å². The van der Waals surface area contributed by atoms with Gasteiger partial charge in [0.25, 0.3) is 14.2 Å². The maximum atomic E-state index is 13.0. The molecule has 0 heterocycles. The second kappa shape index (κ2) is 11.2. The molecule has 186 valence electrons. The number of carbonyl (C=O) groups is 2. The number of nitrogens with one attached hydrogen (secondary N) is 1. The van der Waals surface area contributed by atoms with Crippen LogP contribution in [-0.2, 0) is 14.4 Å². The van der Waals surface area contributed by atoms with E-state index >= 15 is 0 Å². The Morgan fingerprint density at radius 3 is 1.85 bits per heavy atom. The summed E-state index contributed by atoms with van der Waals surface area (Å²) in [5.74, 6) is -0.395. The van der Waals surface area contributed by atoms with E-state index in [9.17, 15) is 14.4 Å². The van der Waals surface area contributed by atoms with Gasteiger partial charge in [-0.25, -0.2) is 9.86 Å². The number of nitrogens with zero attached hydrogens (tertiary/aromatic N) is 1. The fraction of sp³-hybridized carbons (Fsp3) is 0.462. The molecule has 0 spiro atoms. The molecule has 2 rings (SSSR count). The van der Waals surface area contributed by atoms with Crippen molar-refractivity contribution >= 4 is 30.7 Å². The number of amides is 2. The van der Waals surface area contributed by atoms with Crippen LogP contribution in [0.2, 0.25) is 5.04 Å². The number of ether oxygens (including phenoxy) is 1. The molecule has 0 aromatic heterocycles. The first kappa shape index (κ1) is 27.6. The second-order valence-corrected chi connectivity index (χ2v) is 14.0. The Labute approximate surface area is 204 Å². The van der Waals surface area contributed by atoms with Crippen molar-refractivity contribution in [3.8, 4) is 0 Å². The molecule has 7 nitrogen and oxygen atoms in total. The van der Waals surface area contributed by atoms with Crippen molar-refractivity contribution in [3.05, 3.63) is 60.7 Å². The molecule has 0 unspecified atom stereocenters. The summed E-state index contributed by atoms with van der Waals surface area (Å²) in [7, 11) is -0.357. The van der Waals surface area contributed by atoms with Crippen LogP contribution < -0.4 is 15.7 Å². The van der Waals surface area contributed by atoms with E-state index in [4.69, 9.17) is 9.57 Å². The summed E-state index contributed by atoms with van der Waals surface area (Å²) in [6.45, 7) is 9.33. The Balaban J connectivity index is 2.36. The smallest absolute Gasteiger partial charge is 0.408 e. The van der Waals surface area contributed by atoms with Gasteiger partial charge in [0, 0.05) is 7.05 Å². The van der Waals surface area contributed by atoms with Crippen molar-refractivity contribution in [1.82, 2.24) is 10.4 Å². The van der Waals surface area contributed by atoms with E-state index in [2.05, 4.69) is 5.32 Å². The largest absolute Gasteiger partial charge is 0.444 e. The lowest BCUT2D eigenvalue weighted by atomic mass is 10.0. The first-order valence-corrected chi connectivity index (χ1v) is 13.4. The second-order valence-electron chi connectivity index (χ2n) is 10.1. The first-order chi connectivity index (χ1) is 15.8. The zero-order valence-electron chi connectivity index (χ0n) is 21.3. The summed E-state index contributed by atoms with van der Waals surface area (Å²) in [6, 6.07) is 18.5. The van der Waals surface area contributed by atoms with Crippen LogP contribution >= 0.6 is 0 Å². The highest BCUT2D eigenvalue weighted by atomic mass is 28.4. The minimum Gasteiger partial charge on any atom is -0.444 e. The van der Waals surface area contributed by atoms with Crippen LogP contribution in [0.5, 0.6) is 0 Å². The molecule has 34 heavy (non-hydrogen) atoms. The lowest BCUT2D eigenvalue weighted by molar-refractivity contribution is -0.171. The third-order valence-corrected chi connectivity index (χ3v) is 10.5. The third kappa shape index (κ3) is 6.68. The van der Waals surface area contributed by atoms with E-state index in [1.165, 1.54) is 14.2 Å². The number of likely N-dealkylation sites (N-methyl/N-ethyl adjacent to an activating group) is 1. The van der Waals surface area contributed by atoms with Gasteiger partial charge in [0.2, 0.25) is 0 Å². The van der Waals surface area contributed by atoms with Gasteiger partial charge in [0.05, 0.1) is 7.11 Å². The number of hydroxylamine groups is 2. The number of hydrogen-bond acceptors (Lipinski definition) is 5.